The number of hydrogen-bond donors (Lipinski definition) is 1. The average molecular weight is 405 g/mol. The van der Waals surface area contributed by atoms with E-state index in [9.17, 15) is 19.5 Å². The molecule has 6 nitrogen and oxygen atoms in total. The Labute approximate surface area is 174 Å². The van der Waals surface area contributed by atoms with Crippen LogP contribution in [-0.2, 0) is 14.3 Å². The minimum absolute atomic E-state index is 0.0456. The van der Waals surface area contributed by atoms with Crippen molar-refractivity contribution < 1.29 is 24.2 Å². The van der Waals surface area contributed by atoms with Gasteiger partial charge in [-0.2, -0.15) is 0 Å². The zero-order valence-corrected chi connectivity index (χ0v) is 16.5. The molecule has 2 fully saturated rings. The minimum atomic E-state index is -1.06. The van der Waals surface area contributed by atoms with Crippen LogP contribution in [0.5, 0.6) is 0 Å². The molecule has 0 spiro atoms. The van der Waals surface area contributed by atoms with E-state index in [1.165, 1.54) is 4.90 Å². The zero-order chi connectivity index (χ0) is 20.8. The van der Waals surface area contributed by atoms with Crippen molar-refractivity contribution in [3.05, 3.63) is 59.7 Å². The molecule has 3 atom stereocenters. The van der Waals surface area contributed by atoms with Gasteiger partial charge in [0.25, 0.3) is 0 Å². The molecular formula is C24H23NO5. The third kappa shape index (κ3) is 2.98. The minimum Gasteiger partial charge on any atom is -0.480 e. The highest BCUT2D eigenvalue weighted by Crippen LogP contribution is 2.45. The first-order valence-electron chi connectivity index (χ1n) is 10.4. The number of benzene rings is 2. The molecule has 0 unspecified atom stereocenters. The quantitative estimate of drug-likeness (QED) is 0.842. The molecular weight excluding hydrogens is 382 g/mol. The van der Waals surface area contributed by atoms with E-state index in [-0.39, 0.29) is 36.6 Å². The van der Waals surface area contributed by atoms with Crippen molar-refractivity contribution >= 4 is 17.8 Å². The highest BCUT2D eigenvalue weighted by Gasteiger charge is 2.50. The number of amides is 1. The first-order valence-corrected chi connectivity index (χ1v) is 10.4. The van der Waals surface area contributed by atoms with Crippen LogP contribution in [0.25, 0.3) is 11.1 Å². The maximum Gasteiger partial charge on any atom is 0.410 e. The number of carbonyl (C=O) groups is 3. The summed E-state index contributed by atoms with van der Waals surface area (Å²) in [5.74, 6) is -1.33. The summed E-state index contributed by atoms with van der Waals surface area (Å²) in [7, 11) is 0. The van der Waals surface area contributed by atoms with Gasteiger partial charge in [-0.05, 0) is 34.6 Å². The number of Topliss-reactive ketones (excluding diaryl/α,β-unsaturated/α-hetero) is 1. The smallest absolute Gasteiger partial charge is 0.410 e. The predicted molar refractivity (Wildman–Crippen MR) is 109 cm³/mol. The molecule has 1 aliphatic heterocycles. The van der Waals surface area contributed by atoms with Crippen LogP contribution in [0.1, 0.15) is 36.3 Å². The molecule has 1 amide bonds. The number of carbonyl (C=O) groups excluding carboxylic acids is 2. The molecule has 2 aromatic rings. The van der Waals surface area contributed by atoms with Gasteiger partial charge in [-0.3, -0.25) is 9.69 Å². The van der Waals surface area contributed by atoms with Gasteiger partial charge in [0.2, 0.25) is 0 Å². The first kappa shape index (κ1) is 18.9. The van der Waals surface area contributed by atoms with Gasteiger partial charge in [-0.1, -0.05) is 48.5 Å². The Bertz CT molecular complexity index is 986. The van der Waals surface area contributed by atoms with Gasteiger partial charge in [0, 0.05) is 31.2 Å². The fraction of sp³-hybridized carbons (Fsp3) is 0.375. The van der Waals surface area contributed by atoms with Gasteiger partial charge in [-0.15, -0.1) is 0 Å². The van der Waals surface area contributed by atoms with E-state index in [1.807, 2.05) is 36.4 Å². The van der Waals surface area contributed by atoms with Crippen molar-refractivity contribution in [2.24, 2.45) is 11.8 Å². The van der Waals surface area contributed by atoms with Gasteiger partial charge in [0.15, 0.2) is 0 Å². The molecule has 154 valence electrons. The Kier molecular flexibility index (Phi) is 4.57. The van der Waals surface area contributed by atoms with Gasteiger partial charge >= 0.3 is 12.1 Å². The van der Waals surface area contributed by atoms with Crippen LogP contribution in [0.2, 0.25) is 0 Å². The molecule has 30 heavy (non-hydrogen) atoms. The number of hydrogen-bond acceptors (Lipinski definition) is 4. The van der Waals surface area contributed by atoms with Gasteiger partial charge < -0.3 is 9.84 Å². The predicted octanol–water partition coefficient (Wildman–Crippen LogP) is 3.69. The highest BCUT2D eigenvalue weighted by molar-refractivity contribution is 5.85. The number of nitrogens with zero attached hydrogens (tertiary/aromatic N) is 1. The van der Waals surface area contributed by atoms with Crippen molar-refractivity contribution in [1.29, 1.82) is 0 Å². The standard InChI is InChI=1S/C24H23NO5/c26-15-10-9-14-12-25(22(23(27)28)20(14)11-15)24(29)30-13-21-18-7-3-1-5-16(18)17-6-2-4-8-19(17)21/h1-8,14,20-22H,9-13H2,(H,27,28)/t14-,20-,22-/m1/s1. The second-order valence-electron chi connectivity index (χ2n) is 8.44. The lowest BCUT2D eigenvalue weighted by Crippen LogP contribution is -2.44. The summed E-state index contributed by atoms with van der Waals surface area (Å²) in [6.45, 7) is 0.496. The second kappa shape index (κ2) is 7.27. The number of fused-ring (bicyclic) bond motifs is 4. The zero-order valence-electron chi connectivity index (χ0n) is 16.5. The van der Waals surface area contributed by atoms with E-state index in [1.54, 1.807) is 0 Å². The number of rotatable bonds is 3. The summed E-state index contributed by atoms with van der Waals surface area (Å²) in [5.41, 5.74) is 4.51. The molecule has 0 aromatic heterocycles. The monoisotopic (exact) mass is 405 g/mol. The lowest BCUT2D eigenvalue weighted by Gasteiger charge is -2.26. The van der Waals surface area contributed by atoms with E-state index in [0.717, 1.165) is 22.3 Å². The van der Waals surface area contributed by atoms with E-state index in [4.69, 9.17) is 4.74 Å². The lowest BCUT2D eigenvalue weighted by molar-refractivity contribution is -0.143. The Morgan fingerprint density at radius 2 is 1.67 bits per heavy atom. The molecule has 2 aliphatic carbocycles. The van der Waals surface area contributed by atoms with E-state index in [2.05, 4.69) is 12.1 Å². The average Bonchev–Trinajstić information content (AvgIpc) is 3.28. The highest BCUT2D eigenvalue weighted by atomic mass is 16.6. The molecule has 0 radical (unpaired) electrons. The largest absolute Gasteiger partial charge is 0.480 e. The third-order valence-corrected chi connectivity index (χ3v) is 6.86. The van der Waals surface area contributed by atoms with Gasteiger partial charge in [-0.25, -0.2) is 9.59 Å². The van der Waals surface area contributed by atoms with Gasteiger partial charge in [0.1, 0.15) is 18.4 Å². The molecule has 3 aliphatic rings. The fourth-order valence-corrected chi connectivity index (χ4v) is 5.47. The van der Waals surface area contributed by atoms with Crippen LogP contribution >= 0.6 is 0 Å². The van der Waals surface area contributed by atoms with Crippen LogP contribution in [0.3, 0.4) is 0 Å². The third-order valence-electron chi connectivity index (χ3n) is 6.86. The molecule has 5 rings (SSSR count). The van der Waals surface area contributed by atoms with Gasteiger partial charge in [0.05, 0.1) is 0 Å². The number of likely N-dealkylation sites (tertiary alicyclic amines) is 1. The Balaban J connectivity index is 1.35. The summed E-state index contributed by atoms with van der Waals surface area (Å²) < 4.78 is 5.68. The first-order chi connectivity index (χ1) is 14.5. The number of ether oxygens (including phenoxy) is 1. The van der Waals surface area contributed by atoms with E-state index < -0.39 is 18.1 Å². The maximum atomic E-state index is 12.9. The van der Waals surface area contributed by atoms with Crippen molar-refractivity contribution in [2.45, 2.75) is 31.2 Å². The molecule has 1 N–H and O–H groups in total. The van der Waals surface area contributed by atoms with E-state index in [0.29, 0.717) is 19.4 Å². The van der Waals surface area contributed by atoms with Crippen molar-refractivity contribution in [3.63, 3.8) is 0 Å². The Morgan fingerprint density at radius 3 is 2.30 bits per heavy atom. The van der Waals surface area contributed by atoms with Crippen LogP contribution in [0, 0.1) is 11.8 Å². The molecule has 1 heterocycles. The summed E-state index contributed by atoms with van der Waals surface area (Å²) >= 11 is 0. The van der Waals surface area contributed by atoms with Crippen LogP contribution in [-0.4, -0.2) is 47.0 Å². The SMILES string of the molecule is O=C1CC[C@@H]2CN(C(=O)OCC3c4ccccc4-c4ccccc43)[C@@H](C(=O)O)[C@@H]2C1. The summed E-state index contributed by atoms with van der Waals surface area (Å²) in [5, 5.41) is 9.74. The number of carboxylic acid groups (broad SMARTS) is 1. The molecule has 1 saturated heterocycles. The molecule has 1 saturated carbocycles. The summed E-state index contributed by atoms with van der Waals surface area (Å²) in [6, 6.07) is 15.2. The topological polar surface area (TPSA) is 83.9 Å². The normalized spacial score (nSPS) is 24.9. The maximum absolute atomic E-state index is 12.9. The molecule has 6 heteroatoms. The number of ketones is 1. The van der Waals surface area contributed by atoms with Crippen LogP contribution in [0.4, 0.5) is 4.79 Å². The van der Waals surface area contributed by atoms with Crippen molar-refractivity contribution in [3.8, 4) is 11.1 Å². The molecule has 0 bridgehead atoms. The molecule has 2 aromatic carbocycles. The number of aliphatic carboxylic acids is 1. The second-order valence-corrected chi connectivity index (χ2v) is 8.44. The summed E-state index contributed by atoms with van der Waals surface area (Å²) in [4.78, 5) is 38.0. The summed E-state index contributed by atoms with van der Waals surface area (Å²) in [6.07, 6.45) is 0.729. The van der Waals surface area contributed by atoms with Crippen molar-refractivity contribution in [2.75, 3.05) is 13.2 Å². The Morgan fingerprint density at radius 1 is 1.03 bits per heavy atom. The number of carboxylic acids is 1. The van der Waals surface area contributed by atoms with Crippen LogP contribution < -0.4 is 0 Å². The van der Waals surface area contributed by atoms with E-state index >= 15 is 0 Å². The fourth-order valence-electron chi connectivity index (χ4n) is 5.47. The van der Waals surface area contributed by atoms with Crippen LogP contribution in [0.15, 0.2) is 48.5 Å². The Hall–Kier alpha value is -3.15. The lowest BCUT2D eigenvalue weighted by atomic mass is 9.78. The van der Waals surface area contributed by atoms with Crippen molar-refractivity contribution in [1.82, 2.24) is 4.90 Å².